The molecule has 3 unspecified atom stereocenters. The van der Waals surface area contributed by atoms with E-state index in [1.54, 1.807) is 31.2 Å². The minimum Gasteiger partial charge on any atom is -0.480 e. The van der Waals surface area contributed by atoms with Gasteiger partial charge in [-0.15, -0.1) is 0 Å². The summed E-state index contributed by atoms with van der Waals surface area (Å²) in [5.74, 6) is -9.06. The molecule has 462 valence electrons. The third-order valence-electron chi connectivity index (χ3n) is 15.0. The monoisotopic (exact) mass is 1230 g/mol. The molecule has 1 aromatic heterocycles. The molecule has 0 aliphatic carbocycles. The van der Waals surface area contributed by atoms with E-state index in [4.69, 9.17) is 17.2 Å². The van der Waals surface area contributed by atoms with Gasteiger partial charge in [0.15, 0.2) is 23.3 Å². The summed E-state index contributed by atoms with van der Waals surface area (Å²) in [5, 5.41) is 31.2. The first-order valence-corrected chi connectivity index (χ1v) is 29.7. The van der Waals surface area contributed by atoms with Gasteiger partial charge < -0.3 is 63.5 Å². The van der Waals surface area contributed by atoms with Crippen LogP contribution < -0.4 is 38.5 Å². The van der Waals surface area contributed by atoms with Crippen molar-refractivity contribution in [2.75, 3.05) is 39.8 Å². The third kappa shape index (κ3) is 23.9. The molecule has 6 amide bonds. The number of aliphatic carboxylic acids is 1. The SMILES string of the molecule is CCCC[C@H](NC(=O)C1CCCN1C(=O)CNC(=O)C(CCCCN)CC(=O)[C@H](Cc1cnc[nH]1)NC(=O)[C@H](CO)CC(=O)[C@H](CC(C)C)N(C)C(=O)C(C)CCCN=C(N)N)C(=O)CC(C)(C)C(=O)N[C@@H](Cc1ccc(Br)cc1)C(=O)O. The van der Waals surface area contributed by atoms with Gasteiger partial charge in [-0.1, -0.05) is 88.9 Å². The minimum atomic E-state index is -1.36. The first kappa shape index (κ1) is 70.7. The summed E-state index contributed by atoms with van der Waals surface area (Å²) in [5.41, 5.74) is 16.4. The van der Waals surface area contributed by atoms with Crippen molar-refractivity contribution < 1.29 is 58.2 Å². The van der Waals surface area contributed by atoms with E-state index < -0.39 is 126 Å². The number of guanidine groups is 1. The Morgan fingerprint density at radius 1 is 0.855 bits per heavy atom. The fourth-order valence-electron chi connectivity index (χ4n) is 9.98. The first-order chi connectivity index (χ1) is 39.2. The second-order valence-corrected chi connectivity index (χ2v) is 23.8. The maximum absolute atomic E-state index is 14.4. The number of nitrogens with one attached hydrogen (secondary N) is 5. The van der Waals surface area contributed by atoms with Crippen LogP contribution >= 0.6 is 15.9 Å². The number of unbranched alkanes of at least 4 members (excludes halogenated alkanes) is 2. The summed E-state index contributed by atoms with van der Waals surface area (Å²) < 4.78 is 0.806. The fourth-order valence-corrected chi connectivity index (χ4v) is 10.2. The van der Waals surface area contributed by atoms with Gasteiger partial charge in [0.05, 0.1) is 48.9 Å². The van der Waals surface area contributed by atoms with E-state index in [0.717, 1.165) is 4.47 Å². The lowest BCUT2D eigenvalue weighted by atomic mass is 9.83. The summed E-state index contributed by atoms with van der Waals surface area (Å²) in [6.07, 6.45) is 6.27. The average Bonchev–Trinajstić information content (AvgIpc) is 4.22. The number of halogens is 1. The zero-order chi connectivity index (χ0) is 62.0. The van der Waals surface area contributed by atoms with E-state index in [1.165, 1.54) is 43.2 Å². The van der Waals surface area contributed by atoms with Gasteiger partial charge in [-0.25, -0.2) is 9.78 Å². The van der Waals surface area contributed by atoms with E-state index in [-0.39, 0.29) is 75.7 Å². The third-order valence-corrected chi connectivity index (χ3v) is 15.5. The summed E-state index contributed by atoms with van der Waals surface area (Å²) >= 11 is 3.35. The number of H-pyrrole nitrogens is 1. The Balaban J connectivity index is 1.73. The number of benzene rings is 1. The van der Waals surface area contributed by atoms with Crippen LogP contribution in [-0.4, -0.2) is 165 Å². The Labute approximate surface area is 495 Å². The lowest BCUT2D eigenvalue weighted by Crippen LogP contribution is -2.53. The number of aliphatic imine (C=N–C) groups is 1. The number of carboxylic acids is 1. The molecule has 1 saturated heterocycles. The van der Waals surface area contributed by atoms with Crippen molar-refractivity contribution in [2.45, 2.75) is 174 Å². The smallest absolute Gasteiger partial charge is 0.326 e. The van der Waals surface area contributed by atoms with Crippen molar-refractivity contribution in [1.82, 2.24) is 41.0 Å². The molecule has 24 nitrogen and oxygen atoms in total. The molecule has 8 atom stereocenters. The Kier molecular flexibility index (Phi) is 30.2. The number of likely N-dealkylation sites (tertiary alicyclic amines) is 1. The number of carbonyl (C=O) groups is 10. The zero-order valence-electron chi connectivity index (χ0n) is 49.4. The van der Waals surface area contributed by atoms with Crippen LogP contribution in [-0.2, 0) is 60.8 Å². The van der Waals surface area contributed by atoms with Crippen molar-refractivity contribution in [3.63, 3.8) is 0 Å². The normalized spacial score (nSPS) is 15.8. The van der Waals surface area contributed by atoms with Gasteiger partial charge in [0, 0.05) is 80.4 Å². The fraction of sp³-hybridized carbons (Fsp3) is 0.655. The topological polar surface area (TPSA) is 385 Å². The Hall–Kier alpha value is -6.60. The highest BCUT2D eigenvalue weighted by Crippen LogP contribution is 2.26. The number of aromatic nitrogens is 2. The minimum absolute atomic E-state index is 0.00913. The standard InChI is InChI=1S/C58H91BrN12O12/c1-8-9-16-42(49(75)30-58(5,6)56(83)69-44(55(81)82)26-37-18-20-40(59)21-19-37)67-53(79)45-17-13-24-71(45)50(76)32-65-51(77)38(15-10-11-22-60)27-47(73)43(29-41-31-63-34-66-41)68-52(78)39(33-72)28-48(74)46(25-35(2)3)70(7)54(80)36(4)14-12-23-64-57(61)62/h18-21,31,34-36,38-39,42-46,72H,8-17,22-30,32-33,60H2,1-7H3,(H,63,66)(H,65,77)(H,67,79)(H,68,78)(H,69,83)(H,81,82)(H4,61,62,64)/t36?,38?,39-,42-,43-,44-,45?,46-/m0/s1. The average molecular weight is 1230 g/mol. The lowest BCUT2D eigenvalue weighted by molar-refractivity contribution is -0.144. The van der Waals surface area contributed by atoms with Crippen molar-refractivity contribution in [1.29, 1.82) is 0 Å². The second-order valence-electron chi connectivity index (χ2n) is 22.9. The number of aliphatic hydroxyl groups excluding tert-OH is 1. The van der Waals surface area contributed by atoms with Gasteiger partial charge in [0.2, 0.25) is 35.4 Å². The molecule has 83 heavy (non-hydrogen) atoms. The number of Topliss-reactive ketones (excluding diaryl/α,β-unsaturated/α-hetero) is 3. The summed E-state index contributed by atoms with van der Waals surface area (Å²) in [6.45, 7) is 10.1. The zero-order valence-corrected chi connectivity index (χ0v) is 51.0. The molecule has 25 heteroatoms. The number of rotatable bonds is 39. The highest BCUT2D eigenvalue weighted by molar-refractivity contribution is 9.10. The summed E-state index contributed by atoms with van der Waals surface area (Å²) in [4.78, 5) is 151. The summed E-state index contributed by atoms with van der Waals surface area (Å²) in [6, 6.07) is 1.55. The van der Waals surface area contributed by atoms with Gasteiger partial charge in [-0.05, 0) is 81.5 Å². The largest absolute Gasteiger partial charge is 0.480 e. The summed E-state index contributed by atoms with van der Waals surface area (Å²) in [7, 11) is 1.53. The molecule has 2 heterocycles. The van der Waals surface area contributed by atoms with E-state index in [0.29, 0.717) is 69.3 Å². The van der Waals surface area contributed by atoms with Crippen LogP contribution in [0.3, 0.4) is 0 Å². The molecule has 1 aromatic carbocycles. The molecule has 1 aliphatic rings. The van der Waals surface area contributed by atoms with Gasteiger partial charge in [-0.2, -0.15) is 0 Å². The van der Waals surface area contributed by atoms with Crippen LogP contribution in [0.1, 0.15) is 143 Å². The number of carbonyl (C=O) groups excluding carboxylic acids is 9. The Morgan fingerprint density at radius 2 is 1.54 bits per heavy atom. The number of nitrogens with zero attached hydrogens (tertiary/aromatic N) is 4. The van der Waals surface area contributed by atoms with Crippen LogP contribution in [0.2, 0.25) is 0 Å². The van der Waals surface area contributed by atoms with Crippen LogP contribution in [0.25, 0.3) is 0 Å². The van der Waals surface area contributed by atoms with Gasteiger partial charge >= 0.3 is 5.97 Å². The molecule has 0 saturated carbocycles. The quantitative estimate of drug-likeness (QED) is 0.0261. The van der Waals surface area contributed by atoms with Crippen molar-refractivity contribution in [3.8, 4) is 0 Å². The number of hydrogen-bond acceptors (Lipinski definition) is 14. The Morgan fingerprint density at radius 3 is 2.14 bits per heavy atom. The van der Waals surface area contributed by atoms with Crippen LogP contribution in [0.4, 0.5) is 0 Å². The number of amides is 6. The van der Waals surface area contributed by atoms with Crippen molar-refractivity contribution in [2.24, 2.45) is 51.3 Å². The first-order valence-electron chi connectivity index (χ1n) is 28.9. The highest BCUT2D eigenvalue weighted by Gasteiger charge is 2.40. The molecular weight excluding hydrogens is 1140 g/mol. The molecule has 0 spiro atoms. The highest BCUT2D eigenvalue weighted by atomic mass is 79.9. The predicted octanol–water partition coefficient (Wildman–Crippen LogP) is 2.61. The number of hydrogen-bond donors (Lipinski definition) is 10. The molecule has 3 rings (SSSR count). The van der Waals surface area contributed by atoms with E-state index >= 15 is 0 Å². The molecule has 0 radical (unpaired) electrons. The number of aliphatic hydroxyl groups is 1. The molecule has 13 N–H and O–H groups in total. The number of imidazole rings is 1. The predicted molar refractivity (Wildman–Crippen MR) is 316 cm³/mol. The van der Waals surface area contributed by atoms with Crippen LogP contribution in [0, 0.1) is 29.1 Å². The van der Waals surface area contributed by atoms with E-state index in [2.05, 4.69) is 52.2 Å². The maximum Gasteiger partial charge on any atom is 0.326 e. The number of likely N-dealkylation sites (N-methyl/N-ethyl adjacent to an activating group) is 1. The van der Waals surface area contributed by atoms with E-state index in [9.17, 15) is 58.2 Å². The number of nitrogens with two attached hydrogens (primary N) is 3. The van der Waals surface area contributed by atoms with E-state index in [1.807, 2.05) is 20.8 Å². The van der Waals surface area contributed by atoms with Gasteiger partial charge in [0.1, 0.15) is 12.1 Å². The van der Waals surface area contributed by atoms with Crippen LogP contribution in [0.5, 0.6) is 0 Å². The molecule has 0 bridgehead atoms. The number of ketones is 3. The molecule has 2 aromatic rings. The second kappa shape index (κ2) is 35.5. The van der Waals surface area contributed by atoms with Crippen LogP contribution in [0.15, 0.2) is 46.3 Å². The van der Waals surface area contributed by atoms with Gasteiger partial charge in [0.25, 0.3) is 0 Å². The number of aromatic amines is 1. The molecule has 1 aliphatic heterocycles. The van der Waals surface area contributed by atoms with Gasteiger partial charge in [-0.3, -0.25) is 48.1 Å². The lowest BCUT2D eigenvalue weighted by Gasteiger charge is -2.31. The van der Waals surface area contributed by atoms with Crippen molar-refractivity contribution in [3.05, 3.63) is 52.5 Å². The van der Waals surface area contributed by atoms with Crippen molar-refractivity contribution >= 4 is 80.7 Å². The molecular formula is C58H91BrN12O12. The number of carboxylic acid groups (broad SMARTS) is 1. The Bertz CT molecular complexity index is 2510. The maximum atomic E-state index is 14.4. The molecule has 1 fully saturated rings.